The van der Waals surface area contributed by atoms with Gasteiger partial charge in [-0.25, -0.2) is 0 Å². The molecule has 0 bridgehead atoms. The van der Waals surface area contributed by atoms with E-state index in [1.807, 2.05) is 6.92 Å². The highest BCUT2D eigenvalue weighted by atomic mass is 16.4. The van der Waals surface area contributed by atoms with Crippen LogP contribution in [0.25, 0.3) is 0 Å². The van der Waals surface area contributed by atoms with Gasteiger partial charge in [0, 0.05) is 6.04 Å². The molecule has 15 heavy (non-hydrogen) atoms. The van der Waals surface area contributed by atoms with Gasteiger partial charge in [0.1, 0.15) is 6.04 Å². The van der Waals surface area contributed by atoms with E-state index in [0.29, 0.717) is 12.5 Å². The number of hydrogen-bond donors (Lipinski definition) is 1. The summed E-state index contributed by atoms with van der Waals surface area (Å²) < 4.78 is 0. The Bertz CT molecular complexity index is 180. The molecule has 0 aliphatic heterocycles. The first-order valence-corrected chi connectivity index (χ1v) is 6.03. The monoisotopic (exact) mass is 215 g/mol. The smallest absolute Gasteiger partial charge is 0.320 e. The average Bonchev–Trinajstić information content (AvgIpc) is 2.16. The number of aliphatic carboxylic acids is 1. The first-order valence-electron chi connectivity index (χ1n) is 6.03. The fourth-order valence-electron chi connectivity index (χ4n) is 1.87. The molecule has 3 heteroatoms. The van der Waals surface area contributed by atoms with Crippen LogP contribution in [0.1, 0.15) is 53.4 Å². The summed E-state index contributed by atoms with van der Waals surface area (Å²) in [6.45, 7) is 9.13. The van der Waals surface area contributed by atoms with Crippen molar-refractivity contribution in [1.82, 2.24) is 4.90 Å². The second-order valence-electron chi connectivity index (χ2n) is 4.30. The maximum Gasteiger partial charge on any atom is 0.320 e. The van der Waals surface area contributed by atoms with E-state index < -0.39 is 5.97 Å². The van der Waals surface area contributed by atoms with E-state index in [9.17, 15) is 4.79 Å². The van der Waals surface area contributed by atoms with Crippen molar-refractivity contribution in [1.29, 1.82) is 0 Å². The molecule has 0 aromatic rings. The maximum absolute atomic E-state index is 11.1. The lowest BCUT2D eigenvalue weighted by atomic mass is 10.1. The molecule has 0 aliphatic rings. The van der Waals surface area contributed by atoms with Crippen LogP contribution < -0.4 is 0 Å². The summed E-state index contributed by atoms with van der Waals surface area (Å²) in [5, 5.41) is 9.11. The molecular formula is C12H25NO2. The number of nitrogens with zero attached hydrogens (tertiary/aromatic N) is 1. The third kappa shape index (κ3) is 5.17. The molecule has 0 radical (unpaired) electrons. The van der Waals surface area contributed by atoms with Crippen molar-refractivity contribution in [3.05, 3.63) is 0 Å². The van der Waals surface area contributed by atoms with Gasteiger partial charge in [0.2, 0.25) is 0 Å². The number of unbranched alkanes of at least 4 members (excludes halogenated alkanes) is 2. The number of hydrogen-bond acceptors (Lipinski definition) is 2. The molecule has 0 fully saturated rings. The quantitative estimate of drug-likeness (QED) is 0.633. The molecular weight excluding hydrogens is 190 g/mol. The van der Waals surface area contributed by atoms with Crippen molar-refractivity contribution in [3.8, 4) is 0 Å². The summed E-state index contributed by atoms with van der Waals surface area (Å²) >= 11 is 0. The summed E-state index contributed by atoms with van der Waals surface area (Å²) in [5.74, 6) is -0.692. The Balaban J connectivity index is 4.28. The zero-order valence-corrected chi connectivity index (χ0v) is 10.5. The highest BCUT2D eigenvalue weighted by Gasteiger charge is 2.25. The fraction of sp³-hybridized carbons (Fsp3) is 0.917. The van der Waals surface area contributed by atoms with E-state index in [0.717, 1.165) is 13.0 Å². The second kappa shape index (κ2) is 7.69. The van der Waals surface area contributed by atoms with Crippen molar-refractivity contribution in [3.63, 3.8) is 0 Å². The molecule has 3 nitrogen and oxygen atoms in total. The molecule has 0 aliphatic carbocycles. The third-order valence-electron chi connectivity index (χ3n) is 2.76. The molecule has 0 amide bonds. The van der Waals surface area contributed by atoms with Gasteiger partial charge in [-0.1, -0.05) is 26.7 Å². The van der Waals surface area contributed by atoms with Crippen LogP contribution in [0.4, 0.5) is 0 Å². The summed E-state index contributed by atoms with van der Waals surface area (Å²) in [4.78, 5) is 13.2. The highest BCUT2D eigenvalue weighted by molar-refractivity contribution is 5.73. The lowest BCUT2D eigenvalue weighted by molar-refractivity contribution is -0.144. The standard InChI is InChI=1S/C12H25NO2/c1-5-7-8-9-13(10(3)4)11(6-2)12(14)15/h10-11H,5-9H2,1-4H3,(H,14,15). The maximum atomic E-state index is 11.1. The topological polar surface area (TPSA) is 40.5 Å². The van der Waals surface area contributed by atoms with Crippen LogP contribution in [-0.2, 0) is 4.79 Å². The van der Waals surface area contributed by atoms with Crippen molar-refractivity contribution in [2.45, 2.75) is 65.5 Å². The summed E-state index contributed by atoms with van der Waals surface area (Å²) in [6.07, 6.45) is 4.13. The van der Waals surface area contributed by atoms with Crippen LogP contribution in [0.3, 0.4) is 0 Å². The predicted molar refractivity (Wildman–Crippen MR) is 63.1 cm³/mol. The van der Waals surface area contributed by atoms with Gasteiger partial charge in [-0.3, -0.25) is 9.69 Å². The van der Waals surface area contributed by atoms with E-state index in [-0.39, 0.29) is 6.04 Å². The molecule has 1 unspecified atom stereocenters. The molecule has 0 rings (SSSR count). The molecule has 0 aromatic carbocycles. The first kappa shape index (κ1) is 14.4. The molecule has 90 valence electrons. The zero-order chi connectivity index (χ0) is 11.8. The van der Waals surface area contributed by atoms with Gasteiger partial charge in [0.25, 0.3) is 0 Å². The molecule has 0 saturated carbocycles. The summed E-state index contributed by atoms with van der Waals surface area (Å²) in [7, 11) is 0. The normalized spacial score (nSPS) is 13.5. The van der Waals surface area contributed by atoms with Crippen LogP contribution in [0.15, 0.2) is 0 Å². The minimum atomic E-state index is -0.692. The fourth-order valence-corrected chi connectivity index (χ4v) is 1.87. The number of carboxylic acids is 1. The van der Waals surface area contributed by atoms with E-state index in [4.69, 9.17) is 5.11 Å². The average molecular weight is 215 g/mol. The largest absolute Gasteiger partial charge is 0.480 e. The minimum absolute atomic E-state index is 0.308. The third-order valence-corrected chi connectivity index (χ3v) is 2.76. The van der Waals surface area contributed by atoms with Gasteiger partial charge in [0.15, 0.2) is 0 Å². The summed E-state index contributed by atoms with van der Waals surface area (Å²) in [6, 6.07) is -0.00948. The van der Waals surface area contributed by atoms with Crippen LogP contribution in [0, 0.1) is 0 Å². The van der Waals surface area contributed by atoms with Crippen molar-refractivity contribution < 1.29 is 9.90 Å². The van der Waals surface area contributed by atoms with E-state index >= 15 is 0 Å². The lowest BCUT2D eigenvalue weighted by Crippen LogP contribution is -2.45. The first-order chi connectivity index (χ1) is 7.04. The molecule has 0 heterocycles. The van der Waals surface area contributed by atoms with Gasteiger partial charge in [0.05, 0.1) is 0 Å². The SMILES string of the molecule is CCCCCN(C(C)C)C(CC)C(=O)O. The van der Waals surface area contributed by atoms with Gasteiger partial charge >= 0.3 is 5.97 Å². The summed E-state index contributed by atoms with van der Waals surface area (Å²) in [5.41, 5.74) is 0. The van der Waals surface area contributed by atoms with Crippen LogP contribution in [0.5, 0.6) is 0 Å². The zero-order valence-electron chi connectivity index (χ0n) is 10.5. The highest BCUT2D eigenvalue weighted by Crippen LogP contribution is 2.11. The minimum Gasteiger partial charge on any atom is -0.480 e. The second-order valence-corrected chi connectivity index (χ2v) is 4.30. The lowest BCUT2D eigenvalue weighted by Gasteiger charge is -2.31. The van der Waals surface area contributed by atoms with E-state index in [1.165, 1.54) is 12.8 Å². The Morgan fingerprint density at radius 2 is 1.87 bits per heavy atom. The Kier molecular flexibility index (Phi) is 7.39. The Morgan fingerprint density at radius 1 is 1.27 bits per heavy atom. The number of carboxylic acid groups (broad SMARTS) is 1. The number of rotatable bonds is 8. The van der Waals surface area contributed by atoms with Gasteiger partial charge in [-0.05, 0) is 33.2 Å². The molecule has 0 spiro atoms. The Hall–Kier alpha value is -0.570. The van der Waals surface area contributed by atoms with Gasteiger partial charge < -0.3 is 5.11 Å². The van der Waals surface area contributed by atoms with E-state index in [1.54, 1.807) is 0 Å². The van der Waals surface area contributed by atoms with E-state index in [2.05, 4.69) is 25.7 Å². The van der Waals surface area contributed by atoms with Crippen molar-refractivity contribution in [2.24, 2.45) is 0 Å². The van der Waals surface area contributed by atoms with Crippen LogP contribution in [0.2, 0.25) is 0 Å². The Labute approximate surface area is 93.5 Å². The van der Waals surface area contributed by atoms with Gasteiger partial charge in [-0.2, -0.15) is 0 Å². The Morgan fingerprint density at radius 3 is 2.20 bits per heavy atom. The molecule has 0 saturated heterocycles. The molecule has 1 N–H and O–H groups in total. The van der Waals surface area contributed by atoms with Crippen LogP contribution in [-0.4, -0.2) is 34.6 Å². The van der Waals surface area contributed by atoms with Gasteiger partial charge in [-0.15, -0.1) is 0 Å². The van der Waals surface area contributed by atoms with Crippen LogP contribution >= 0.6 is 0 Å². The molecule has 1 atom stereocenters. The van der Waals surface area contributed by atoms with Crippen molar-refractivity contribution >= 4 is 5.97 Å². The van der Waals surface area contributed by atoms with Crippen molar-refractivity contribution in [2.75, 3.05) is 6.54 Å². The predicted octanol–water partition coefficient (Wildman–Crippen LogP) is 2.75. The molecule has 0 aromatic heterocycles. The number of carbonyl (C=O) groups is 1.